The van der Waals surface area contributed by atoms with Crippen molar-refractivity contribution in [2.75, 3.05) is 20.2 Å². The number of ether oxygens (including phenoxy) is 1. The number of phenols is 1. The van der Waals surface area contributed by atoms with Gasteiger partial charge in [-0.15, -0.1) is 5.10 Å². The molecule has 0 aliphatic carbocycles. The summed E-state index contributed by atoms with van der Waals surface area (Å²) < 4.78 is 48.8. The zero-order chi connectivity index (χ0) is 47.8. The molecule has 8 N–H and O–H groups in total. The third-order valence-corrected chi connectivity index (χ3v) is 10.8. The van der Waals surface area contributed by atoms with Gasteiger partial charge >= 0.3 is 12.1 Å². The van der Waals surface area contributed by atoms with Crippen molar-refractivity contribution in [3.8, 4) is 11.5 Å². The maximum atomic E-state index is 14.4. The first kappa shape index (κ1) is 50.0. The van der Waals surface area contributed by atoms with Crippen molar-refractivity contribution >= 4 is 35.5 Å². The molecule has 5 unspecified atom stereocenters. The zero-order valence-corrected chi connectivity index (χ0v) is 36.4. The van der Waals surface area contributed by atoms with E-state index in [-0.39, 0.29) is 56.1 Å². The summed E-state index contributed by atoms with van der Waals surface area (Å²) in [5.41, 5.74) is 0.479. The Labute approximate surface area is 378 Å². The number of aromatic hydroxyl groups is 1. The Morgan fingerprint density at radius 1 is 0.894 bits per heavy atom. The van der Waals surface area contributed by atoms with Gasteiger partial charge in [0.05, 0.1) is 23.8 Å². The van der Waals surface area contributed by atoms with E-state index in [1.54, 1.807) is 49.1 Å². The summed E-state index contributed by atoms with van der Waals surface area (Å²) in [5, 5.41) is 44.3. The largest absolute Gasteiger partial charge is 0.508 e. The van der Waals surface area contributed by atoms with Gasteiger partial charge in [-0.3, -0.25) is 24.0 Å². The predicted molar refractivity (Wildman–Crippen MR) is 232 cm³/mol. The van der Waals surface area contributed by atoms with Crippen LogP contribution >= 0.6 is 0 Å². The number of carboxylic acid groups (broad SMARTS) is 1. The number of alkyl halides is 3. The number of carboxylic acids is 1. The van der Waals surface area contributed by atoms with E-state index < -0.39 is 78.0 Å². The van der Waals surface area contributed by atoms with E-state index in [4.69, 9.17) is 4.74 Å². The second-order valence-corrected chi connectivity index (χ2v) is 15.9. The lowest BCUT2D eigenvalue weighted by Crippen LogP contribution is -2.59. The first-order valence-corrected chi connectivity index (χ1v) is 21.4. The third-order valence-electron chi connectivity index (χ3n) is 10.8. The van der Waals surface area contributed by atoms with Crippen LogP contribution in [-0.2, 0) is 67.2 Å². The Morgan fingerprint density at radius 3 is 2.26 bits per heavy atom. The van der Waals surface area contributed by atoms with Crippen LogP contribution < -0.4 is 36.6 Å². The highest BCUT2D eigenvalue weighted by Crippen LogP contribution is 2.30. The molecule has 2 aliphatic rings. The fraction of sp³-hybridized carbons (Fsp3) is 0.422. The number of carbonyl (C=O) groups excluding carboxylic acids is 5. The summed E-state index contributed by atoms with van der Waals surface area (Å²) in [6, 6.07) is 9.56. The van der Waals surface area contributed by atoms with E-state index >= 15 is 0 Å². The van der Waals surface area contributed by atoms with Gasteiger partial charge in [0.1, 0.15) is 42.3 Å². The van der Waals surface area contributed by atoms with Crippen LogP contribution in [0.2, 0.25) is 0 Å². The molecule has 2 aliphatic heterocycles. The van der Waals surface area contributed by atoms with Crippen LogP contribution in [0.3, 0.4) is 0 Å². The number of fused-ring (bicyclic) bond motifs is 22. The second-order valence-electron chi connectivity index (χ2n) is 15.9. The van der Waals surface area contributed by atoms with Crippen molar-refractivity contribution in [1.82, 2.24) is 46.9 Å². The van der Waals surface area contributed by atoms with Crippen LogP contribution in [0.25, 0.3) is 0 Å². The number of hydrogen-bond donors (Lipinski definition) is 8. The van der Waals surface area contributed by atoms with E-state index in [0.717, 1.165) is 18.2 Å². The summed E-state index contributed by atoms with van der Waals surface area (Å²) in [4.78, 5) is 80.9. The van der Waals surface area contributed by atoms with Gasteiger partial charge in [0.15, 0.2) is 0 Å². The number of nitrogens with one attached hydrogen (secondary N) is 6. The van der Waals surface area contributed by atoms with Crippen LogP contribution in [0, 0.1) is 0 Å². The minimum atomic E-state index is -4.74. The lowest BCUT2D eigenvalue weighted by molar-refractivity contribution is -0.142. The van der Waals surface area contributed by atoms with Crippen LogP contribution in [0.5, 0.6) is 11.5 Å². The van der Waals surface area contributed by atoms with Crippen molar-refractivity contribution in [3.05, 3.63) is 107 Å². The van der Waals surface area contributed by atoms with Crippen molar-refractivity contribution in [1.29, 1.82) is 0 Å². The number of phenolic OH excluding ortho intramolecular Hbond substituents is 1. The number of carbonyl (C=O) groups is 6. The Kier molecular flexibility index (Phi) is 18.0. The molecule has 66 heavy (non-hydrogen) atoms. The number of nitrogens with zero attached hydrogens (tertiary/aromatic N) is 3. The molecule has 4 bridgehead atoms. The topological polar surface area (TPSA) is 255 Å². The van der Waals surface area contributed by atoms with Crippen molar-refractivity contribution in [2.24, 2.45) is 0 Å². The molecule has 5 amide bonds. The molecule has 21 heteroatoms. The average Bonchev–Trinajstić information content (AvgIpc) is 3.74. The number of likely N-dealkylation sites (N-methyl/N-ethyl adjacent to an activating group) is 1. The summed E-state index contributed by atoms with van der Waals surface area (Å²) in [5.74, 6) is -4.62. The van der Waals surface area contributed by atoms with Gasteiger partial charge in [-0.25, -0.2) is 9.48 Å². The van der Waals surface area contributed by atoms with Crippen LogP contribution in [0.15, 0.2) is 79.0 Å². The molecule has 0 saturated heterocycles. The maximum Gasteiger partial charge on any atom is 0.416 e. The van der Waals surface area contributed by atoms with Crippen molar-refractivity contribution in [2.45, 2.75) is 101 Å². The van der Waals surface area contributed by atoms with Gasteiger partial charge in [0.25, 0.3) is 0 Å². The summed E-state index contributed by atoms with van der Waals surface area (Å²) in [7, 11) is 1.55. The van der Waals surface area contributed by atoms with E-state index in [1.165, 1.54) is 30.3 Å². The van der Waals surface area contributed by atoms with Crippen molar-refractivity contribution < 1.29 is 56.9 Å². The molecule has 3 aromatic carbocycles. The highest BCUT2D eigenvalue weighted by Gasteiger charge is 2.34. The molecular weight excluding hydrogens is 868 g/mol. The van der Waals surface area contributed by atoms with Crippen LogP contribution in [0.4, 0.5) is 13.2 Å². The second kappa shape index (κ2) is 23.8. The van der Waals surface area contributed by atoms with E-state index in [9.17, 15) is 52.2 Å². The minimum absolute atomic E-state index is 0.0182. The first-order valence-electron chi connectivity index (χ1n) is 21.4. The van der Waals surface area contributed by atoms with Gasteiger partial charge < -0.3 is 46.9 Å². The molecule has 0 radical (unpaired) electrons. The fourth-order valence-corrected chi connectivity index (χ4v) is 6.92. The third kappa shape index (κ3) is 15.6. The Bertz CT molecular complexity index is 2290. The zero-order valence-electron chi connectivity index (χ0n) is 36.4. The Balaban J connectivity index is 1.47. The van der Waals surface area contributed by atoms with E-state index in [2.05, 4.69) is 42.2 Å². The van der Waals surface area contributed by atoms with Crippen molar-refractivity contribution in [3.63, 3.8) is 0 Å². The fourth-order valence-electron chi connectivity index (χ4n) is 6.92. The molecule has 354 valence electrons. The standard InChI is InChI=1S/C45H54F3N9O9/c1-27(49-2)40(60)51-35-8-3-4-19-50-39(59)18-13-32-26-57(56-55-32)20-21-66-34-16-11-29(12-17-34)24-38(44(64)65)54-43(63)37(25-30-6-5-7-31(22-30)45(46,47)48)53-42(62)36(52-41(35)61)23-28-9-14-33(58)15-10-28/h5-7,9-12,14-17,22,26-27,35-38,49,58H,3-4,8,13,18-21,23-25H2,1-2H3,(H,50,59)(H,51,60)(H,52,61)(H,53,62)(H,54,63)(H,64,65). The number of amides is 5. The molecule has 0 spiro atoms. The van der Waals surface area contributed by atoms with Crippen LogP contribution in [-0.4, -0.2) is 111 Å². The van der Waals surface area contributed by atoms with Gasteiger partial charge in [-0.2, -0.15) is 13.2 Å². The molecule has 0 saturated carbocycles. The summed E-state index contributed by atoms with van der Waals surface area (Å²) in [6.07, 6.45) is -2.73. The molecule has 5 atom stereocenters. The maximum absolute atomic E-state index is 14.4. The summed E-state index contributed by atoms with van der Waals surface area (Å²) >= 11 is 0. The molecular formula is C45H54F3N9O9. The number of aryl methyl sites for hydroxylation is 1. The lowest BCUT2D eigenvalue weighted by Gasteiger charge is -2.27. The molecule has 0 fully saturated rings. The Morgan fingerprint density at radius 2 is 1.58 bits per heavy atom. The van der Waals surface area contributed by atoms with Gasteiger partial charge in [0.2, 0.25) is 29.5 Å². The molecule has 4 aromatic rings. The number of hydrogen-bond acceptors (Lipinski definition) is 11. The first-order chi connectivity index (χ1) is 31.5. The quantitative estimate of drug-likeness (QED) is 0.118. The average molecular weight is 922 g/mol. The molecule has 6 rings (SSSR count). The summed E-state index contributed by atoms with van der Waals surface area (Å²) in [6.45, 7) is 2.36. The number of aromatic nitrogens is 3. The lowest BCUT2D eigenvalue weighted by atomic mass is 9.99. The highest BCUT2D eigenvalue weighted by atomic mass is 19.4. The number of halogens is 3. The van der Waals surface area contributed by atoms with E-state index in [1.807, 2.05) is 0 Å². The van der Waals surface area contributed by atoms with Gasteiger partial charge in [-0.1, -0.05) is 47.7 Å². The molecule has 18 nitrogen and oxygen atoms in total. The monoisotopic (exact) mass is 921 g/mol. The number of benzene rings is 3. The Hall–Kier alpha value is -7.03. The van der Waals surface area contributed by atoms with Crippen LogP contribution in [0.1, 0.15) is 60.6 Å². The normalized spacial score (nSPS) is 20.4. The van der Waals surface area contributed by atoms with Gasteiger partial charge in [0, 0.05) is 44.8 Å². The van der Waals surface area contributed by atoms with E-state index in [0.29, 0.717) is 48.4 Å². The van der Waals surface area contributed by atoms with Gasteiger partial charge in [-0.05, 0) is 80.3 Å². The molecule has 1 aromatic heterocycles. The smallest absolute Gasteiger partial charge is 0.416 e. The molecule has 3 heterocycles. The SMILES string of the molecule is CNC(C)C(=O)NC1CCCCNC(=O)CCc2cn(nn2)CCOc2ccc(cc2)CC(C(=O)O)NC(=O)C(Cc2cccc(C(F)(F)F)c2)NC(=O)C(Cc2ccc(O)cc2)NC1=O. The number of aliphatic carboxylic acids is 1. The number of rotatable bonds is 8. The minimum Gasteiger partial charge on any atom is -0.508 e. The predicted octanol–water partition coefficient (Wildman–Crippen LogP) is 1.97. The highest BCUT2D eigenvalue weighted by molar-refractivity contribution is 5.95.